The molecule has 26 heavy (non-hydrogen) atoms. The summed E-state index contributed by atoms with van der Waals surface area (Å²) in [5, 5.41) is -0.106. The highest BCUT2D eigenvalue weighted by Gasteiger charge is 2.36. The molecule has 1 heterocycles. The lowest BCUT2D eigenvalue weighted by atomic mass is 10.2. The van der Waals surface area contributed by atoms with Crippen LogP contribution in [0.1, 0.15) is 12.5 Å². The van der Waals surface area contributed by atoms with E-state index >= 15 is 0 Å². The lowest BCUT2D eigenvalue weighted by Gasteiger charge is -2.20. The third-order valence-corrected chi connectivity index (χ3v) is 5.33. The summed E-state index contributed by atoms with van der Waals surface area (Å²) < 4.78 is 77.7. The normalized spacial score (nSPS) is 17.5. The maximum Gasteiger partial charge on any atom is 0.398 e. The molecule has 1 amide bonds. The Labute approximate surface area is 154 Å². The smallest absolute Gasteiger partial charge is 0.284 e. The van der Waals surface area contributed by atoms with Crippen molar-refractivity contribution < 1.29 is 31.1 Å². The van der Waals surface area contributed by atoms with Crippen molar-refractivity contribution in [2.45, 2.75) is 30.8 Å². The lowest BCUT2D eigenvalue weighted by molar-refractivity contribution is -0.127. The number of hydrogen-bond donors (Lipinski definition) is 0. The van der Waals surface area contributed by atoms with Gasteiger partial charge in [0.25, 0.3) is 5.92 Å². The Bertz CT molecular complexity index is 730. The van der Waals surface area contributed by atoms with Gasteiger partial charge >= 0.3 is 6.18 Å². The van der Waals surface area contributed by atoms with Crippen LogP contribution in [0.2, 0.25) is 0 Å². The van der Waals surface area contributed by atoms with Gasteiger partial charge in [-0.25, -0.2) is 18.2 Å². The summed E-state index contributed by atoms with van der Waals surface area (Å²) in [6, 6.07) is 2.15. The Balaban J connectivity index is 2.32. The largest absolute Gasteiger partial charge is 0.398 e. The number of rotatable bonds is 5. The van der Waals surface area contributed by atoms with E-state index in [0.29, 0.717) is 24.2 Å². The van der Waals surface area contributed by atoms with E-state index in [1.165, 1.54) is 6.92 Å². The van der Waals surface area contributed by atoms with E-state index in [9.17, 15) is 31.1 Å². The summed E-state index contributed by atoms with van der Waals surface area (Å²) in [5.41, 5.74) is -0.00491. The average Bonchev–Trinajstić information content (AvgIpc) is 2.79. The number of halogens is 6. The van der Waals surface area contributed by atoms with Crippen molar-refractivity contribution in [3.05, 3.63) is 23.5 Å². The number of aliphatic imine (C=N–C) groups is 1. The minimum absolute atomic E-state index is 0.106. The molecule has 1 aromatic rings. The molecule has 0 bridgehead atoms. The van der Waals surface area contributed by atoms with E-state index in [1.807, 2.05) is 0 Å². The molecule has 3 nitrogen and oxygen atoms in total. The van der Waals surface area contributed by atoms with Crippen molar-refractivity contribution >= 4 is 40.3 Å². The number of aryl methyl sites for hydroxylation is 1. The van der Waals surface area contributed by atoms with Gasteiger partial charge in [0, 0.05) is 11.8 Å². The zero-order chi connectivity index (χ0) is 19.7. The second-order valence-corrected chi connectivity index (χ2v) is 7.67. The minimum atomic E-state index is -4.39. The number of benzene rings is 1. The first kappa shape index (κ1) is 20.9. The SMILES string of the molecule is Cc1cc(F)c(N=C2SCC(=O)N2CC(C)(F)F)cc1SCC(F)(F)F. The van der Waals surface area contributed by atoms with Crippen molar-refractivity contribution in [1.29, 1.82) is 0 Å². The second kappa shape index (κ2) is 7.71. The number of amides is 1. The number of carbonyl (C=O) groups excluding carboxylic acids is 1. The Hall–Kier alpha value is -1.36. The predicted molar refractivity (Wildman–Crippen MR) is 89.8 cm³/mol. The van der Waals surface area contributed by atoms with E-state index < -0.39 is 36.1 Å². The van der Waals surface area contributed by atoms with Crippen LogP contribution in [0.4, 0.5) is 32.0 Å². The van der Waals surface area contributed by atoms with Gasteiger partial charge in [-0.1, -0.05) is 11.8 Å². The molecule has 144 valence electrons. The molecule has 0 aliphatic carbocycles. The van der Waals surface area contributed by atoms with Crippen LogP contribution in [0, 0.1) is 12.7 Å². The van der Waals surface area contributed by atoms with Crippen LogP contribution in [0.15, 0.2) is 22.0 Å². The Morgan fingerprint density at radius 3 is 2.50 bits per heavy atom. The molecular weight excluding hydrogens is 402 g/mol. The van der Waals surface area contributed by atoms with Gasteiger partial charge in [-0.15, -0.1) is 11.8 Å². The van der Waals surface area contributed by atoms with Gasteiger partial charge in [-0.2, -0.15) is 13.2 Å². The molecule has 2 rings (SSSR count). The summed E-state index contributed by atoms with van der Waals surface area (Å²) >= 11 is 1.35. The van der Waals surface area contributed by atoms with Crippen molar-refractivity contribution in [3.8, 4) is 0 Å². The summed E-state index contributed by atoms with van der Waals surface area (Å²) in [7, 11) is 0. The van der Waals surface area contributed by atoms with Crippen LogP contribution >= 0.6 is 23.5 Å². The summed E-state index contributed by atoms with van der Waals surface area (Å²) in [6.07, 6.45) is -4.39. The van der Waals surface area contributed by atoms with Gasteiger partial charge in [0.05, 0.1) is 18.1 Å². The van der Waals surface area contributed by atoms with Crippen molar-refractivity contribution in [2.75, 3.05) is 18.1 Å². The second-order valence-electron chi connectivity index (χ2n) is 5.71. The number of nitrogens with zero attached hydrogens (tertiary/aromatic N) is 2. The summed E-state index contributed by atoms with van der Waals surface area (Å²) in [6.45, 7) is 1.19. The number of hydrogen-bond acceptors (Lipinski definition) is 4. The van der Waals surface area contributed by atoms with Crippen LogP contribution in [-0.4, -0.2) is 46.1 Å². The van der Waals surface area contributed by atoms with Crippen LogP contribution in [0.25, 0.3) is 0 Å². The molecule has 1 fully saturated rings. The fourth-order valence-corrected chi connectivity index (χ4v) is 3.76. The fraction of sp³-hybridized carbons (Fsp3) is 0.467. The first-order valence-electron chi connectivity index (χ1n) is 7.25. The number of thioether (sulfide) groups is 2. The quantitative estimate of drug-likeness (QED) is 0.500. The van der Waals surface area contributed by atoms with Crippen LogP contribution in [0.3, 0.4) is 0 Å². The predicted octanol–water partition coefficient (Wildman–Crippen LogP) is 5.01. The number of carbonyl (C=O) groups is 1. The standard InChI is InChI=1S/C15H14F6N2OS2/c1-8-3-9(16)10(4-11(8)26-7-15(19,20)21)22-13-23(6-14(2,17)18)12(24)5-25-13/h3-4H,5-7H2,1-2H3. The first-order chi connectivity index (χ1) is 11.9. The Morgan fingerprint density at radius 1 is 1.27 bits per heavy atom. The number of alkyl halides is 5. The minimum Gasteiger partial charge on any atom is -0.284 e. The van der Waals surface area contributed by atoms with Crippen LogP contribution < -0.4 is 0 Å². The highest BCUT2D eigenvalue weighted by Crippen LogP contribution is 2.35. The molecule has 0 atom stereocenters. The van der Waals surface area contributed by atoms with E-state index in [4.69, 9.17) is 0 Å². The topological polar surface area (TPSA) is 32.7 Å². The maximum atomic E-state index is 14.1. The van der Waals surface area contributed by atoms with Crippen LogP contribution in [0.5, 0.6) is 0 Å². The van der Waals surface area contributed by atoms with E-state index in [0.717, 1.165) is 28.8 Å². The lowest BCUT2D eigenvalue weighted by Crippen LogP contribution is -2.38. The van der Waals surface area contributed by atoms with E-state index in [1.54, 1.807) is 0 Å². The third-order valence-electron chi connectivity index (χ3n) is 3.14. The monoisotopic (exact) mass is 416 g/mol. The van der Waals surface area contributed by atoms with Gasteiger partial charge in [0.15, 0.2) is 5.17 Å². The Kier molecular flexibility index (Phi) is 6.21. The highest BCUT2D eigenvalue weighted by atomic mass is 32.2. The Morgan fingerprint density at radius 2 is 1.92 bits per heavy atom. The molecule has 1 aromatic carbocycles. The van der Waals surface area contributed by atoms with E-state index in [-0.39, 0.29) is 21.5 Å². The average molecular weight is 416 g/mol. The number of amidine groups is 1. The molecule has 1 aliphatic heterocycles. The van der Waals surface area contributed by atoms with Gasteiger partial charge in [0.2, 0.25) is 5.91 Å². The molecule has 0 saturated carbocycles. The highest BCUT2D eigenvalue weighted by molar-refractivity contribution is 8.15. The molecule has 0 radical (unpaired) electrons. The maximum absolute atomic E-state index is 14.1. The fourth-order valence-electron chi connectivity index (χ4n) is 2.06. The van der Waals surface area contributed by atoms with Crippen molar-refractivity contribution in [2.24, 2.45) is 4.99 Å². The summed E-state index contributed by atoms with van der Waals surface area (Å²) in [4.78, 5) is 16.6. The van der Waals surface area contributed by atoms with E-state index in [2.05, 4.69) is 4.99 Å². The molecule has 0 spiro atoms. The zero-order valence-electron chi connectivity index (χ0n) is 13.7. The molecule has 0 aromatic heterocycles. The van der Waals surface area contributed by atoms with Crippen molar-refractivity contribution in [3.63, 3.8) is 0 Å². The van der Waals surface area contributed by atoms with Gasteiger partial charge in [-0.05, 0) is 24.6 Å². The molecule has 0 unspecified atom stereocenters. The third kappa shape index (κ3) is 5.83. The molecule has 0 N–H and O–H groups in total. The molecular formula is C15H14F6N2OS2. The summed E-state index contributed by atoms with van der Waals surface area (Å²) in [5.74, 6) is -5.83. The first-order valence-corrected chi connectivity index (χ1v) is 9.22. The van der Waals surface area contributed by atoms with Gasteiger partial charge < -0.3 is 0 Å². The van der Waals surface area contributed by atoms with Gasteiger partial charge in [0.1, 0.15) is 11.5 Å². The zero-order valence-corrected chi connectivity index (χ0v) is 15.3. The molecule has 11 heteroatoms. The molecule has 1 aliphatic rings. The van der Waals surface area contributed by atoms with Crippen LogP contribution in [-0.2, 0) is 4.79 Å². The molecule has 1 saturated heterocycles. The van der Waals surface area contributed by atoms with Crippen molar-refractivity contribution in [1.82, 2.24) is 4.90 Å². The van der Waals surface area contributed by atoms with Gasteiger partial charge in [-0.3, -0.25) is 9.69 Å².